The molecule has 4 nitrogen and oxygen atoms in total. The highest BCUT2D eigenvalue weighted by Gasteiger charge is 2.24. The molecule has 1 aliphatic rings. The smallest absolute Gasteiger partial charge is 0.0900 e. The number of aliphatic hydroxyl groups is 1. The Morgan fingerprint density at radius 3 is 2.22 bits per heavy atom. The van der Waals surface area contributed by atoms with Crippen molar-refractivity contribution in [3.63, 3.8) is 0 Å². The maximum Gasteiger partial charge on any atom is 0.0900 e. The molecule has 1 N–H and O–H groups in total. The SMILES string of the molecule is CC1CN(CC(O)COC(C)(C)C)CC(C)O1.Cl. The Bertz CT molecular complexity index is 223. The lowest BCUT2D eigenvalue weighted by Gasteiger charge is -2.36. The first-order valence-electron chi connectivity index (χ1n) is 6.46. The zero-order valence-electron chi connectivity index (χ0n) is 12.2. The second-order valence-corrected chi connectivity index (χ2v) is 6.05. The minimum atomic E-state index is -0.424. The van der Waals surface area contributed by atoms with Crippen molar-refractivity contribution in [3.8, 4) is 0 Å². The monoisotopic (exact) mass is 281 g/mol. The van der Waals surface area contributed by atoms with Gasteiger partial charge >= 0.3 is 0 Å². The number of nitrogens with zero attached hydrogens (tertiary/aromatic N) is 1. The van der Waals surface area contributed by atoms with Gasteiger partial charge in [-0.1, -0.05) is 0 Å². The van der Waals surface area contributed by atoms with Crippen molar-refractivity contribution in [1.82, 2.24) is 4.90 Å². The van der Waals surface area contributed by atoms with Gasteiger partial charge in [0.25, 0.3) is 0 Å². The van der Waals surface area contributed by atoms with E-state index in [2.05, 4.69) is 18.7 Å². The molecule has 0 saturated carbocycles. The van der Waals surface area contributed by atoms with E-state index in [0.29, 0.717) is 13.2 Å². The predicted octanol–water partition coefficient (Wildman–Crippen LogP) is 1.69. The highest BCUT2D eigenvalue weighted by molar-refractivity contribution is 5.85. The van der Waals surface area contributed by atoms with Crippen molar-refractivity contribution in [2.24, 2.45) is 0 Å². The van der Waals surface area contributed by atoms with E-state index in [1.807, 2.05) is 20.8 Å². The maximum atomic E-state index is 9.93. The summed E-state index contributed by atoms with van der Waals surface area (Å²) >= 11 is 0. The van der Waals surface area contributed by atoms with Gasteiger partial charge in [0.1, 0.15) is 0 Å². The summed E-state index contributed by atoms with van der Waals surface area (Å²) in [6, 6.07) is 0. The molecule has 1 fully saturated rings. The number of hydrogen-bond donors (Lipinski definition) is 1. The second kappa shape index (κ2) is 7.65. The van der Waals surface area contributed by atoms with Crippen LogP contribution in [-0.4, -0.2) is 60.2 Å². The second-order valence-electron chi connectivity index (χ2n) is 6.05. The Morgan fingerprint density at radius 1 is 1.28 bits per heavy atom. The molecule has 110 valence electrons. The van der Waals surface area contributed by atoms with E-state index in [0.717, 1.165) is 13.1 Å². The first-order chi connectivity index (χ1) is 7.76. The summed E-state index contributed by atoms with van der Waals surface area (Å²) in [5.41, 5.74) is -0.188. The molecule has 0 aromatic carbocycles. The molecular weight excluding hydrogens is 254 g/mol. The minimum absolute atomic E-state index is 0. The standard InChI is InChI=1S/C13H27NO3.ClH/c1-10-6-14(7-11(2)17-10)8-12(15)9-16-13(3,4)5;/h10-12,15H,6-9H2,1-5H3;1H. The van der Waals surface area contributed by atoms with Crippen molar-refractivity contribution >= 4 is 12.4 Å². The number of aliphatic hydroxyl groups excluding tert-OH is 1. The molecule has 0 aromatic rings. The van der Waals surface area contributed by atoms with Crippen LogP contribution < -0.4 is 0 Å². The fourth-order valence-electron chi connectivity index (χ4n) is 2.13. The summed E-state index contributed by atoms with van der Waals surface area (Å²) in [6.07, 6.45) is 0.0655. The summed E-state index contributed by atoms with van der Waals surface area (Å²) in [4.78, 5) is 2.25. The van der Waals surface area contributed by atoms with Gasteiger partial charge < -0.3 is 14.6 Å². The van der Waals surface area contributed by atoms with Crippen LogP contribution in [0.5, 0.6) is 0 Å². The van der Waals surface area contributed by atoms with Crippen LogP contribution >= 0.6 is 12.4 Å². The third-order valence-corrected chi connectivity index (χ3v) is 2.67. The third kappa shape index (κ3) is 7.54. The lowest BCUT2D eigenvalue weighted by atomic mass is 10.2. The number of morpholine rings is 1. The van der Waals surface area contributed by atoms with E-state index >= 15 is 0 Å². The highest BCUT2D eigenvalue weighted by atomic mass is 35.5. The third-order valence-electron chi connectivity index (χ3n) is 2.67. The van der Waals surface area contributed by atoms with Crippen molar-refractivity contribution in [3.05, 3.63) is 0 Å². The van der Waals surface area contributed by atoms with Gasteiger partial charge in [-0.15, -0.1) is 12.4 Å². The van der Waals surface area contributed by atoms with Gasteiger partial charge in [-0.2, -0.15) is 0 Å². The Labute approximate surface area is 117 Å². The van der Waals surface area contributed by atoms with Crippen LogP contribution in [0.25, 0.3) is 0 Å². The molecule has 18 heavy (non-hydrogen) atoms. The molecule has 1 rings (SSSR count). The molecule has 0 aliphatic carbocycles. The number of hydrogen-bond acceptors (Lipinski definition) is 4. The summed E-state index contributed by atoms with van der Waals surface area (Å²) < 4.78 is 11.2. The normalized spacial score (nSPS) is 27.7. The number of rotatable bonds is 4. The average molecular weight is 282 g/mol. The van der Waals surface area contributed by atoms with Gasteiger partial charge in [-0.3, -0.25) is 4.90 Å². The Morgan fingerprint density at radius 2 is 1.78 bits per heavy atom. The lowest BCUT2D eigenvalue weighted by Crippen LogP contribution is -2.48. The number of halogens is 1. The van der Waals surface area contributed by atoms with Gasteiger partial charge in [0.05, 0.1) is 30.5 Å². The van der Waals surface area contributed by atoms with Crippen LogP contribution in [0.2, 0.25) is 0 Å². The zero-order valence-corrected chi connectivity index (χ0v) is 13.0. The zero-order chi connectivity index (χ0) is 13.1. The van der Waals surface area contributed by atoms with E-state index in [1.54, 1.807) is 0 Å². The molecule has 1 saturated heterocycles. The van der Waals surface area contributed by atoms with Crippen LogP contribution in [0.15, 0.2) is 0 Å². The molecule has 0 spiro atoms. The minimum Gasteiger partial charge on any atom is -0.389 e. The fraction of sp³-hybridized carbons (Fsp3) is 1.00. The molecule has 0 aromatic heterocycles. The molecule has 0 amide bonds. The Hall–Kier alpha value is 0.130. The topological polar surface area (TPSA) is 41.9 Å². The van der Waals surface area contributed by atoms with Gasteiger partial charge in [0, 0.05) is 19.6 Å². The first kappa shape index (κ1) is 18.1. The van der Waals surface area contributed by atoms with Crippen LogP contribution in [0.1, 0.15) is 34.6 Å². The number of β-amino-alcohol motifs (C(OH)–C–C–N with tert-alkyl or cyclic N) is 1. The van der Waals surface area contributed by atoms with E-state index in [9.17, 15) is 5.11 Å². The molecule has 3 atom stereocenters. The lowest BCUT2D eigenvalue weighted by molar-refractivity contribution is -0.0929. The molecule has 5 heteroatoms. The average Bonchev–Trinajstić information content (AvgIpc) is 2.11. The van der Waals surface area contributed by atoms with Gasteiger partial charge in [-0.25, -0.2) is 0 Å². The van der Waals surface area contributed by atoms with Crippen LogP contribution in [0, 0.1) is 0 Å². The van der Waals surface area contributed by atoms with Gasteiger partial charge in [-0.05, 0) is 34.6 Å². The van der Waals surface area contributed by atoms with Crippen LogP contribution in [-0.2, 0) is 9.47 Å². The van der Waals surface area contributed by atoms with Crippen molar-refractivity contribution in [2.45, 2.75) is 58.5 Å². The van der Waals surface area contributed by atoms with Crippen molar-refractivity contribution in [1.29, 1.82) is 0 Å². The fourth-order valence-corrected chi connectivity index (χ4v) is 2.13. The summed E-state index contributed by atoms with van der Waals surface area (Å²) in [5, 5.41) is 9.93. The van der Waals surface area contributed by atoms with Crippen LogP contribution in [0.3, 0.4) is 0 Å². The van der Waals surface area contributed by atoms with E-state index in [1.165, 1.54) is 0 Å². The predicted molar refractivity (Wildman–Crippen MR) is 75.4 cm³/mol. The van der Waals surface area contributed by atoms with Gasteiger partial charge in [0.2, 0.25) is 0 Å². The quantitative estimate of drug-likeness (QED) is 0.852. The molecule has 0 bridgehead atoms. The van der Waals surface area contributed by atoms with Crippen LogP contribution in [0.4, 0.5) is 0 Å². The van der Waals surface area contributed by atoms with Crippen molar-refractivity contribution < 1.29 is 14.6 Å². The molecular formula is C13H28ClNO3. The Balaban J connectivity index is 0.00000289. The number of ether oxygens (including phenoxy) is 2. The first-order valence-corrected chi connectivity index (χ1v) is 6.46. The summed E-state index contributed by atoms with van der Waals surface area (Å²) in [7, 11) is 0. The Kier molecular flexibility index (Phi) is 7.71. The molecule has 3 unspecified atom stereocenters. The molecule has 1 aliphatic heterocycles. The molecule has 0 radical (unpaired) electrons. The maximum absolute atomic E-state index is 9.93. The van der Waals surface area contributed by atoms with E-state index < -0.39 is 6.10 Å². The molecule has 1 heterocycles. The highest BCUT2D eigenvalue weighted by Crippen LogP contribution is 2.12. The van der Waals surface area contributed by atoms with E-state index in [-0.39, 0.29) is 30.2 Å². The summed E-state index contributed by atoms with van der Waals surface area (Å²) in [6.45, 7) is 13.0. The van der Waals surface area contributed by atoms with Gasteiger partial charge in [0.15, 0.2) is 0 Å². The largest absolute Gasteiger partial charge is 0.389 e. The van der Waals surface area contributed by atoms with E-state index in [4.69, 9.17) is 9.47 Å². The summed E-state index contributed by atoms with van der Waals surface area (Å²) in [5.74, 6) is 0. The van der Waals surface area contributed by atoms with Crippen molar-refractivity contribution in [2.75, 3.05) is 26.2 Å².